The summed E-state index contributed by atoms with van der Waals surface area (Å²) in [6.45, 7) is 0.231. The molecule has 3 rings (SSSR count). The Morgan fingerprint density at radius 3 is 2.28 bits per heavy atom. The van der Waals surface area contributed by atoms with Crippen LogP contribution in [0.1, 0.15) is 17.5 Å². The Hall–Kier alpha value is -2.67. The summed E-state index contributed by atoms with van der Waals surface area (Å²) >= 11 is 5.90. The molecule has 1 amide bonds. The van der Waals surface area contributed by atoms with Gasteiger partial charge in [-0.25, -0.2) is 13.1 Å². The van der Waals surface area contributed by atoms with Crippen LogP contribution in [-0.4, -0.2) is 14.3 Å². The van der Waals surface area contributed by atoms with Crippen LogP contribution in [0.3, 0.4) is 0 Å². The molecule has 0 spiro atoms. The maximum absolute atomic E-state index is 12.4. The van der Waals surface area contributed by atoms with Crippen molar-refractivity contribution >= 4 is 33.2 Å². The zero-order valence-electron chi connectivity index (χ0n) is 15.6. The molecule has 150 valence electrons. The Morgan fingerprint density at radius 1 is 0.862 bits per heavy atom. The van der Waals surface area contributed by atoms with E-state index in [0.29, 0.717) is 17.1 Å². The van der Waals surface area contributed by atoms with E-state index in [1.54, 1.807) is 48.5 Å². The number of nitrogens with one attached hydrogen (secondary N) is 2. The number of rotatable bonds is 8. The lowest BCUT2D eigenvalue weighted by Crippen LogP contribution is -2.23. The highest BCUT2D eigenvalue weighted by Gasteiger charge is 2.13. The number of aryl methyl sites for hydroxylation is 1. The molecule has 3 aromatic rings. The third kappa shape index (κ3) is 6.42. The van der Waals surface area contributed by atoms with Crippen molar-refractivity contribution in [3.8, 4) is 0 Å². The van der Waals surface area contributed by atoms with Crippen LogP contribution in [-0.2, 0) is 27.8 Å². The fourth-order valence-electron chi connectivity index (χ4n) is 2.74. The van der Waals surface area contributed by atoms with E-state index in [0.717, 1.165) is 11.1 Å². The van der Waals surface area contributed by atoms with E-state index in [9.17, 15) is 13.2 Å². The van der Waals surface area contributed by atoms with Gasteiger partial charge >= 0.3 is 0 Å². The number of carbonyl (C=O) groups is 1. The van der Waals surface area contributed by atoms with Crippen LogP contribution in [0.25, 0.3) is 0 Å². The molecular weight excluding hydrogens is 408 g/mol. The zero-order valence-corrected chi connectivity index (χ0v) is 17.2. The highest BCUT2D eigenvalue weighted by Crippen LogP contribution is 2.16. The zero-order chi connectivity index (χ0) is 20.7. The van der Waals surface area contributed by atoms with Crippen molar-refractivity contribution in [1.82, 2.24) is 4.72 Å². The van der Waals surface area contributed by atoms with Gasteiger partial charge in [0.2, 0.25) is 15.9 Å². The molecule has 0 heterocycles. The second kappa shape index (κ2) is 9.69. The van der Waals surface area contributed by atoms with E-state index in [-0.39, 0.29) is 23.8 Å². The van der Waals surface area contributed by atoms with Crippen molar-refractivity contribution in [3.63, 3.8) is 0 Å². The lowest BCUT2D eigenvalue weighted by Gasteiger charge is -2.08. The van der Waals surface area contributed by atoms with Gasteiger partial charge in [-0.1, -0.05) is 60.1 Å². The molecule has 7 heteroatoms. The smallest absolute Gasteiger partial charge is 0.240 e. The van der Waals surface area contributed by atoms with Crippen molar-refractivity contribution in [2.45, 2.75) is 24.3 Å². The van der Waals surface area contributed by atoms with Crippen molar-refractivity contribution < 1.29 is 13.2 Å². The van der Waals surface area contributed by atoms with E-state index in [1.807, 2.05) is 30.3 Å². The molecule has 5 nitrogen and oxygen atoms in total. The quantitative estimate of drug-likeness (QED) is 0.558. The van der Waals surface area contributed by atoms with Crippen molar-refractivity contribution in [2.24, 2.45) is 0 Å². The first-order valence-electron chi connectivity index (χ1n) is 9.10. The van der Waals surface area contributed by atoms with Crippen molar-refractivity contribution in [1.29, 1.82) is 0 Å². The Bertz CT molecular complexity index is 1070. The fraction of sp³-hybridized carbons (Fsp3) is 0.136. The number of hydrogen-bond donors (Lipinski definition) is 2. The van der Waals surface area contributed by atoms with Crippen LogP contribution < -0.4 is 10.0 Å². The first-order chi connectivity index (χ1) is 13.9. The normalized spacial score (nSPS) is 11.2. The fourth-order valence-corrected chi connectivity index (χ4v) is 3.95. The van der Waals surface area contributed by atoms with Gasteiger partial charge in [0.25, 0.3) is 0 Å². The lowest BCUT2D eigenvalue weighted by atomic mass is 10.1. The molecule has 3 aromatic carbocycles. The summed E-state index contributed by atoms with van der Waals surface area (Å²) in [5.41, 5.74) is 2.42. The van der Waals surface area contributed by atoms with Crippen molar-refractivity contribution in [3.05, 3.63) is 95.0 Å². The Labute approximate surface area is 175 Å². The number of hydrogen-bond acceptors (Lipinski definition) is 3. The second-order valence-electron chi connectivity index (χ2n) is 6.51. The van der Waals surface area contributed by atoms with Gasteiger partial charge in [0.1, 0.15) is 0 Å². The number of amides is 1. The SMILES string of the molecule is O=C(CCc1ccc(S(=O)(=O)NCc2ccccc2)cc1)Nc1cccc(Cl)c1. The minimum atomic E-state index is -3.59. The molecule has 0 fully saturated rings. The number of halogens is 1. The lowest BCUT2D eigenvalue weighted by molar-refractivity contribution is -0.116. The summed E-state index contributed by atoms with van der Waals surface area (Å²) in [5, 5.41) is 3.35. The monoisotopic (exact) mass is 428 g/mol. The molecule has 29 heavy (non-hydrogen) atoms. The largest absolute Gasteiger partial charge is 0.326 e. The minimum Gasteiger partial charge on any atom is -0.326 e. The Kier molecular flexibility index (Phi) is 7.04. The summed E-state index contributed by atoms with van der Waals surface area (Å²) in [6, 6.07) is 22.8. The number of carbonyl (C=O) groups excluding carboxylic acids is 1. The Morgan fingerprint density at radius 2 is 1.59 bits per heavy atom. The highest BCUT2D eigenvalue weighted by molar-refractivity contribution is 7.89. The van der Waals surface area contributed by atoms with Gasteiger partial charge < -0.3 is 5.32 Å². The predicted octanol–water partition coefficient (Wildman–Crippen LogP) is 4.39. The standard InChI is InChI=1S/C22H21ClN2O3S/c23-19-7-4-8-20(15-19)25-22(26)14-11-17-9-12-21(13-10-17)29(27,28)24-16-18-5-2-1-3-6-18/h1-10,12-13,15,24H,11,14,16H2,(H,25,26). The first kappa shape index (κ1) is 21.0. The van der Waals surface area contributed by atoms with Crippen LogP contribution in [0, 0.1) is 0 Å². The predicted molar refractivity (Wildman–Crippen MR) is 115 cm³/mol. The van der Waals surface area contributed by atoms with Crippen LogP contribution in [0.2, 0.25) is 5.02 Å². The van der Waals surface area contributed by atoms with E-state index < -0.39 is 10.0 Å². The number of anilines is 1. The van der Waals surface area contributed by atoms with Crippen molar-refractivity contribution in [2.75, 3.05) is 5.32 Å². The Balaban J connectivity index is 1.53. The average molecular weight is 429 g/mol. The summed E-state index contributed by atoms with van der Waals surface area (Å²) in [7, 11) is -3.59. The number of benzene rings is 3. The van der Waals surface area contributed by atoms with Gasteiger partial charge in [-0.2, -0.15) is 0 Å². The maximum atomic E-state index is 12.4. The van der Waals surface area contributed by atoms with E-state index >= 15 is 0 Å². The van der Waals surface area contributed by atoms with Crippen LogP contribution in [0.5, 0.6) is 0 Å². The molecule has 0 saturated heterocycles. The first-order valence-corrected chi connectivity index (χ1v) is 11.0. The van der Waals surface area contributed by atoms with Gasteiger partial charge in [0.15, 0.2) is 0 Å². The molecule has 0 aliphatic heterocycles. The van der Waals surface area contributed by atoms with Gasteiger partial charge in [0, 0.05) is 23.7 Å². The second-order valence-corrected chi connectivity index (χ2v) is 8.72. The molecule has 0 aliphatic rings. The third-order valence-corrected chi connectivity index (χ3v) is 5.94. The molecule has 0 unspecified atom stereocenters. The van der Waals surface area contributed by atoms with Crippen LogP contribution in [0.15, 0.2) is 83.8 Å². The molecule has 0 atom stereocenters. The van der Waals surface area contributed by atoms with E-state index in [1.165, 1.54) is 0 Å². The van der Waals surface area contributed by atoms with Gasteiger partial charge in [0.05, 0.1) is 4.90 Å². The highest BCUT2D eigenvalue weighted by atomic mass is 35.5. The van der Waals surface area contributed by atoms with E-state index in [2.05, 4.69) is 10.0 Å². The minimum absolute atomic E-state index is 0.131. The summed E-state index contributed by atoms with van der Waals surface area (Å²) < 4.78 is 27.4. The van der Waals surface area contributed by atoms with Gasteiger partial charge in [-0.05, 0) is 47.9 Å². The molecule has 0 bridgehead atoms. The number of sulfonamides is 1. The summed E-state index contributed by atoms with van der Waals surface area (Å²) in [4.78, 5) is 12.3. The topological polar surface area (TPSA) is 75.3 Å². The molecular formula is C22H21ClN2O3S. The van der Waals surface area contributed by atoms with Gasteiger partial charge in [-0.15, -0.1) is 0 Å². The molecule has 0 aromatic heterocycles. The molecule has 0 saturated carbocycles. The molecule has 2 N–H and O–H groups in total. The molecule has 0 aliphatic carbocycles. The van der Waals surface area contributed by atoms with Crippen LogP contribution >= 0.6 is 11.6 Å². The average Bonchev–Trinajstić information content (AvgIpc) is 2.72. The van der Waals surface area contributed by atoms with E-state index in [4.69, 9.17) is 11.6 Å². The van der Waals surface area contributed by atoms with Gasteiger partial charge in [-0.3, -0.25) is 4.79 Å². The third-order valence-electron chi connectivity index (χ3n) is 4.29. The van der Waals surface area contributed by atoms with Crippen LogP contribution in [0.4, 0.5) is 5.69 Å². The maximum Gasteiger partial charge on any atom is 0.240 e. The summed E-state index contributed by atoms with van der Waals surface area (Å²) in [5.74, 6) is -0.131. The summed E-state index contributed by atoms with van der Waals surface area (Å²) in [6.07, 6.45) is 0.787. The molecule has 0 radical (unpaired) electrons.